The van der Waals surface area contributed by atoms with Gasteiger partial charge in [0.2, 0.25) is 0 Å². The predicted octanol–water partition coefficient (Wildman–Crippen LogP) is 27.1. The van der Waals surface area contributed by atoms with Crippen molar-refractivity contribution in [3.8, 4) is 0 Å². The summed E-state index contributed by atoms with van der Waals surface area (Å²) in [5, 5.41) is 43.4. The fraction of sp³-hybridized carbons (Fsp3) is 0.600. The number of H-pyrrole nitrogens is 1. The first-order valence-corrected chi connectivity index (χ1v) is 41.1. The fourth-order valence-corrected chi connectivity index (χ4v) is 7.67. The highest BCUT2D eigenvalue weighted by molar-refractivity contribution is 7.10. The van der Waals surface area contributed by atoms with E-state index in [4.69, 9.17) is 0 Å². The van der Waals surface area contributed by atoms with Gasteiger partial charge in [-0.3, -0.25) is 0 Å². The zero-order valence-corrected chi connectivity index (χ0v) is 76.0. The summed E-state index contributed by atoms with van der Waals surface area (Å²) < 4.78 is 2.17. The van der Waals surface area contributed by atoms with Crippen molar-refractivity contribution in [1.29, 1.82) is 0 Å². The maximum atomic E-state index is 4.00. The molecule has 105 heavy (non-hydrogen) atoms. The Morgan fingerprint density at radius 3 is 1.13 bits per heavy atom. The van der Waals surface area contributed by atoms with E-state index in [2.05, 4.69) is 272 Å². The molecular formula is C85H158N18S2. The Balaban J connectivity index is -0.000000116. The molecule has 20 heteroatoms. The van der Waals surface area contributed by atoms with Gasteiger partial charge < -0.3 is 9.55 Å². The lowest BCUT2D eigenvalue weighted by atomic mass is 10.1. The number of hydrogen-bond donors (Lipinski definition) is 1. The maximum absolute atomic E-state index is 4.00. The summed E-state index contributed by atoms with van der Waals surface area (Å²) >= 11 is 3.60. The molecule has 0 saturated carbocycles. The number of nitrogens with zero attached hydrogens (tertiary/aromatic N) is 17. The van der Waals surface area contributed by atoms with Gasteiger partial charge in [-0.05, 0) is 119 Å². The molecule has 1 aliphatic rings. The number of aromatic amines is 1. The molecule has 0 aromatic carbocycles. The lowest BCUT2D eigenvalue weighted by molar-refractivity contribution is 0.604. The third kappa shape index (κ3) is 74.5. The minimum absolute atomic E-state index is 0.311. The van der Waals surface area contributed by atoms with Crippen molar-refractivity contribution in [2.75, 3.05) is 0 Å². The first kappa shape index (κ1) is 119. The standard InChI is InChI=1S/C8H12.2C7H11N.2C7H10S.4C6H9N3.C5H8N4.10C2H6/c2*1-7(2)8-5-3-4-6-8;1-6(2)7-4-3-5-8-7;1-6(2)7-3-4-8-5-7;1-6(2)7-4-3-5-8-7;1-5(2)6-8-3-7-4-9-6;1-5(2)6-3-8-9-4-7-6;1-5(2)6-3-7-4-8-9-6;1-5(2)6-7-3-4-8-9-6;1-4(2)5-8-6-3-7-9-5;10*1-2/h3,5-7H,4H2,1-2H3;3-7H,1-2H3;3-6,8H,1-2H3;2*3-6H,1-2H3;4*3-5H,1-2H3;3-4H,1-2H3;10*1-2H3. The smallest absolute Gasteiger partial charge is 0.176 e. The Bertz CT molecular complexity index is 2500. The van der Waals surface area contributed by atoms with E-state index in [0.29, 0.717) is 65.1 Å². The van der Waals surface area contributed by atoms with E-state index in [9.17, 15) is 0 Å². The third-order valence-electron chi connectivity index (χ3n) is 11.4. The molecule has 10 rings (SSSR count). The number of allylic oxidation sites excluding steroid dienone is 4. The van der Waals surface area contributed by atoms with E-state index >= 15 is 0 Å². The highest BCUT2D eigenvalue weighted by Gasteiger charge is 2.04. The molecule has 9 heterocycles. The number of aromatic nitrogens is 18. The normalized spacial score (nSPS) is 9.41. The first-order valence-electron chi connectivity index (χ1n) is 39.2. The van der Waals surface area contributed by atoms with Gasteiger partial charge in [0.05, 0.1) is 30.0 Å². The van der Waals surface area contributed by atoms with Gasteiger partial charge in [0.1, 0.15) is 31.1 Å². The molecule has 9 aromatic heterocycles. The molecule has 1 aliphatic carbocycles. The zero-order valence-electron chi connectivity index (χ0n) is 74.3. The van der Waals surface area contributed by atoms with E-state index in [1.165, 1.54) is 53.3 Å². The summed E-state index contributed by atoms with van der Waals surface area (Å²) in [7, 11) is 0. The molecule has 0 aliphatic heterocycles. The monoisotopic (exact) mass is 1500 g/mol. The van der Waals surface area contributed by atoms with Crippen LogP contribution in [-0.4, -0.2) is 90.4 Å². The van der Waals surface area contributed by atoms with Gasteiger partial charge in [0.25, 0.3) is 0 Å². The molecule has 600 valence electrons. The molecule has 1 N–H and O–H groups in total. The van der Waals surface area contributed by atoms with Crippen LogP contribution in [0, 0.1) is 5.92 Å². The Labute approximate surface area is 654 Å². The molecule has 0 unspecified atom stereocenters. The molecule has 0 spiro atoms. The number of rotatable bonds is 10. The van der Waals surface area contributed by atoms with Gasteiger partial charge in [-0.1, -0.05) is 287 Å². The molecule has 0 radical (unpaired) electrons. The van der Waals surface area contributed by atoms with Gasteiger partial charge in [0.15, 0.2) is 18.0 Å². The highest BCUT2D eigenvalue weighted by Crippen LogP contribution is 2.20. The van der Waals surface area contributed by atoms with Gasteiger partial charge in [-0.15, -0.1) is 47.0 Å². The minimum Gasteiger partial charge on any atom is -0.365 e. The van der Waals surface area contributed by atoms with Crippen molar-refractivity contribution in [1.82, 2.24) is 90.4 Å². The molecule has 0 amide bonds. The average molecular weight is 1500 g/mol. The average Bonchev–Trinajstić information content (AvgIpc) is 1.61. The third-order valence-corrected chi connectivity index (χ3v) is 13.3. The Hall–Kier alpha value is -7.58. The van der Waals surface area contributed by atoms with Crippen LogP contribution in [0.3, 0.4) is 0 Å². The van der Waals surface area contributed by atoms with E-state index in [0.717, 1.165) is 29.5 Å². The lowest BCUT2D eigenvalue weighted by Crippen LogP contribution is -1.99. The van der Waals surface area contributed by atoms with Gasteiger partial charge in [0, 0.05) is 59.2 Å². The Morgan fingerprint density at radius 2 is 0.895 bits per heavy atom. The molecule has 0 bridgehead atoms. The van der Waals surface area contributed by atoms with Crippen LogP contribution < -0.4 is 0 Å². The van der Waals surface area contributed by atoms with Crippen LogP contribution in [0.5, 0.6) is 0 Å². The van der Waals surface area contributed by atoms with Crippen molar-refractivity contribution in [2.45, 2.75) is 337 Å². The van der Waals surface area contributed by atoms with Gasteiger partial charge in [-0.2, -0.15) is 26.6 Å². The van der Waals surface area contributed by atoms with Crippen molar-refractivity contribution >= 4 is 22.7 Å². The second kappa shape index (κ2) is 92.5. The molecule has 0 saturated heterocycles. The Kier molecular flexibility index (Phi) is 104. The largest absolute Gasteiger partial charge is 0.365 e. The summed E-state index contributed by atoms with van der Waals surface area (Å²) in [5.41, 5.74) is 6.19. The number of hydrogen-bond acceptors (Lipinski definition) is 18. The second-order valence-electron chi connectivity index (χ2n) is 22.1. The lowest BCUT2D eigenvalue weighted by Gasteiger charge is -2.03. The zero-order chi connectivity index (χ0) is 83.4. The molecule has 18 nitrogen and oxygen atoms in total. The van der Waals surface area contributed by atoms with Crippen LogP contribution in [0.4, 0.5) is 0 Å². The second-order valence-corrected chi connectivity index (χ2v) is 23.9. The van der Waals surface area contributed by atoms with Crippen LogP contribution in [0.25, 0.3) is 0 Å². The molecular weight excluding hydrogens is 1340 g/mol. The van der Waals surface area contributed by atoms with Crippen LogP contribution in [0.1, 0.15) is 382 Å². The quantitative estimate of drug-likeness (QED) is 0.134. The van der Waals surface area contributed by atoms with Crippen LogP contribution >= 0.6 is 22.7 Å². The van der Waals surface area contributed by atoms with Gasteiger partial charge in [-0.25, -0.2) is 29.9 Å². The number of thiophene rings is 2. The first-order chi connectivity index (χ1) is 50.5. The van der Waals surface area contributed by atoms with E-state index in [1.54, 1.807) is 36.1 Å². The van der Waals surface area contributed by atoms with E-state index in [1.807, 2.05) is 202 Å². The van der Waals surface area contributed by atoms with Crippen molar-refractivity contribution in [2.24, 2.45) is 5.92 Å². The SMILES string of the molecule is CC.CC.CC.CC.CC.CC.CC.CC.CC.CC.CC(C)C1=CCC=C1.CC(C)c1ccc[nH]1.CC(C)c1cccs1.CC(C)c1ccsc1.CC(C)c1cncnn1.CC(C)c1cnncn1.CC(C)c1nccnn1.CC(C)c1ncncn1.CC(C)c1nncnn1.CC(C)n1cccc1. The van der Waals surface area contributed by atoms with Crippen molar-refractivity contribution < 1.29 is 0 Å². The molecule has 0 fully saturated rings. The van der Waals surface area contributed by atoms with Crippen molar-refractivity contribution in [3.63, 3.8) is 0 Å². The summed E-state index contributed by atoms with van der Waals surface area (Å²) in [6.45, 7) is 82.4. The summed E-state index contributed by atoms with van der Waals surface area (Å²) in [6.07, 6.45) is 27.9. The van der Waals surface area contributed by atoms with Crippen LogP contribution in [-0.2, 0) is 0 Å². The van der Waals surface area contributed by atoms with E-state index in [-0.39, 0.29) is 0 Å². The molecule has 9 aromatic rings. The van der Waals surface area contributed by atoms with Gasteiger partial charge >= 0.3 is 0 Å². The maximum Gasteiger partial charge on any atom is 0.176 e. The van der Waals surface area contributed by atoms with Crippen LogP contribution in [0.15, 0.2) is 157 Å². The predicted molar refractivity (Wildman–Crippen MR) is 464 cm³/mol. The van der Waals surface area contributed by atoms with Crippen molar-refractivity contribution in [3.05, 3.63) is 202 Å². The van der Waals surface area contributed by atoms with E-state index < -0.39 is 0 Å². The Morgan fingerprint density at radius 1 is 0.381 bits per heavy atom. The fourth-order valence-electron chi connectivity index (χ4n) is 6.10. The summed E-state index contributed by atoms with van der Waals surface area (Å²) in [4.78, 5) is 28.1. The highest BCUT2D eigenvalue weighted by atomic mass is 32.1. The summed E-state index contributed by atoms with van der Waals surface area (Å²) in [6, 6.07) is 15.3. The number of nitrogens with one attached hydrogen (secondary N) is 1. The molecule has 0 atom stereocenters. The summed E-state index contributed by atoms with van der Waals surface area (Å²) in [5.74, 6) is 7.04. The minimum atomic E-state index is 0.311. The topological polar surface area (TPSA) is 227 Å². The van der Waals surface area contributed by atoms with Crippen LogP contribution in [0.2, 0.25) is 0 Å².